The Morgan fingerprint density at radius 2 is 1.94 bits per heavy atom. The van der Waals surface area contributed by atoms with Crippen molar-refractivity contribution in [1.29, 1.82) is 0 Å². The third-order valence-electron chi connectivity index (χ3n) is 4.30. The Morgan fingerprint density at radius 3 is 2.44 bits per heavy atom. The third-order valence-corrected chi connectivity index (χ3v) is 8.80. The van der Waals surface area contributed by atoms with Crippen molar-refractivity contribution in [2.75, 3.05) is 0 Å². The summed E-state index contributed by atoms with van der Waals surface area (Å²) in [6.45, 7) is 13.6. The maximum Gasteiger partial charge on any atom is 0.192 e. The van der Waals surface area contributed by atoms with E-state index in [0.29, 0.717) is 6.10 Å². The molecule has 1 heterocycles. The molecule has 0 aromatic heterocycles. The van der Waals surface area contributed by atoms with E-state index in [0.717, 1.165) is 6.42 Å². The average Bonchev–Trinajstić information content (AvgIpc) is 2.72. The van der Waals surface area contributed by atoms with E-state index in [1.54, 1.807) is 0 Å². The van der Waals surface area contributed by atoms with E-state index in [1.165, 1.54) is 0 Å². The Hall–Kier alpha value is -0.123. The van der Waals surface area contributed by atoms with E-state index in [9.17, 15) is 0 Å². The second kappa shape index (κ2) is 3.44. The fourth-order valence-electron chi connectivity index (χ4n) is 1.99. The van der Waals surface area contributed by atoms with Crippen molar-refractivity contribution in [1.82, 2.24) is 0 Å². The van der Waals surface area contributed by atoms with Crippen molar-refractivity contribution < 1.29 is 9.16 Å². The Morgan fingerprint density at radius 1 is 1.31 bits per heavy atom. The van der Waals surface area contributed by atoms with Gasteiger partial charge >= 0.3 is 0 Å². The standard InChI is InChI=1S/C13H24O2Si/c1-12(2,3)16(5,6)15-10-7-8-11-13(4,9-10)14-11/h7-8,10-11H,9H2,1-6H3/t10?,11-,13+/m0/s1. The van der Waals surface area contributed by atoms with E-state index in [1.807, 2.05) is 0 Å². The second-order valence-electron chi connectivity index (χ2n) is 6.86. The second-order valence-corrected chi connectivity index (χ2v) is 11.6. The number of ether oxygens (including phenoxy) is 1. The van der Waals surface area contributed by atoms with Crippen LogP contribution in [0.2, 0.25) is 18.1 Å². The molecule has 2 rings (SSSR count). The highest BCUT2D eigenvalue weighted by Crippen LogP contribution is 2.46. The summed E-state index contributed by atoms with van der Waals surface area (Å²) < 4.78 is 12.0. The van der Waals surface area contributed by atoms with Crippen LogP contribution in [0.3, 0.4) is 0 Å². The number of hydrogen-bond acceptors (Lipinski definition) is 2. The van der Waals surface area contributed by atoms with Crippen LogP contribution < -0.4 is 0 Å². The molecule has 0 bridgehead atoms. The first-order chi connectivity index (χ1) is 7.14. The van der Waals surface area contributed by atoms with Crippen LogP contribution in [0, 0.1) is 0 Å². The number of epoxide rings is 1. The van der Waals surface area contributed by atoms with E-state index in [4.69, 9.17) is 9.16 Å². The van der Waals surface area contributed by atoms with Gasteiger partial charge in [-0.05, 0) is 25.1 Å². The normalized spacial score (nSPS) is 38.4. The van der Waals surface area contributed by atoms with Gasteiger partial charge < -0.3 is 9.16 Å². The number of fused-ring (bicyclic) bond motifs is 1. The summed E-state index contributed by atoms with van der Waals surface area (Å²) in [7, 11) is -1.64. The SMILES string of the molecule is CC(C)(C)[Si](C)(C)OC1C=C[C@@H]2O[C@]2(C)C1. The lowest BCUT2D eigenvalue weighted by Crippen LogP contribution is -2.44. The zero-order chi connectivity index (χ0) is 12.2. The lowest BCUT2D eigenvalue weighted by molar-refractivity contribution is 0.174. The topological polar surface area (TPSA) is 21.8 Å². The summed E-state index contributed by atoms with van der Waals surface area (Å²) in [6, 6.07) is 0. The van der Waals surface area contributed by atoms with Crippen LogP contribution >= 0.6 is 0 Å². The van der Waals surface area contributed by atoms with Gasteiger partial charge in [-0.3, -0.25) is 0 Å². The lowest BCUT2D eigenvalue weighted by Gasteiger charge is -2.39. The van der Waals surface area contributed by atoms with Crippen LogP contribution in [0.15, 0.2) is 12.2 Å². The molecular formula is C13H24O2Si. The molecule has 1 saturated heterocycles. The highest BCUT2D eigenvalue weighted by Gasteiger charge is 2.54. The first-order valence-corrected chi connectivity index (χ1v) is 9.09. The minimum Gasteiger partial charge on any atom is -0.410 e. The van der Waals surface area contributed by atoms with Gasteiger partial charge in [-0.25, -0.2) is 0 Å². The summed E-state index contributed by atoms with van der Waals surface area (Å²) in [6.07, 6.45) is 5.98. The predicted octanol–water partition coefficient (Wildman–Crippen LogP) is 3.49. The number of hydrogen-bond donors (Lipinski definition) is 0. The molecule has 1 aliphatic heterocycles. The summed E-state index contributed by atoms with van der Waals surface area (Å²) in [4.78, 5) is 0. The van der Waals surface area contributed by atoms with Gasteiger partial charge in [-0.15, -0.1) is 0 Å². The van der Waals surface area contributed by atoms with E-state index >= 15 is 0 Å². The van der Waals surface area contributed by atoms with Crippen molar-refractivity contribution in [3.05, 3.63) is 12.2 Å². The molecule has 0 saturated carbocycles. The largest absolute Gasteiger partial charge is 0.410 e. The molecule has 1 aliphatic carbocycles. The molecule has 0 amide bonds. The molecular weight excluding hydrogens is 216 g/mol. The average molecular weight is 240 g/mol. The minimum absolute atomic E-state index is 0.0712. The van der Waals surface area contributed by atoms with Crippen molar-refractivity contribution in [3.63, 3.8) is 0 Å². The first kappa shape index (κ1) is 12.3. The maximum atomic E-state index is 6.38. The first-order valence-electron chi connectivity index (χ1n) is 6.18. The smallest absolute Gasteiger partial charge is 0.192 e. The van der Waals surface area contributed by atoms with Gasteiger partial charge in [0, 0.05) is 6.42 Å². The monoisotopic (exact) mass is 240 g/mol. The van der Waals surface area contributed by atoms with Gasteiger partial charge in [0.2, 0.25) is 0 Å². The Labute approximate surface area is 100 Å². The number of rotatable bonds is 2. The van der Waals surface area contributed by atoms with Crippen LogP contribution in [0.4, 0.5) is 0 Å². The van der Waals surface area contributed by atoms with E-state index < -0.39 is 8.32 Å². The molecule has 16 heavy (non-hydrogen) atoms. The van der Waals surface area contributed by atoms with E-state index in [-0.39, 0.29) is 16.7 Å². The fourth-order valence-corrected chi connectivity index (χ4v) is 3.26. The molecule has 1 fully saturated rings. The third kappa shape index (κ3) is 2.13. The van der Waals surface area contributed by atoms with Gasteiger partial charge in [0.05, 0.1) is 11.7 Å². The Kier molecular flexibility index (Phi) is 2.65. The van der Waals surface area contributed by atoms with Crippen LogP contribution in [0.25, 0.3) is 0 Å². The lowest BCUT2D eigenvalue weighted by atomic mass is 9.94. The maximum absolute atomic E-state index is 6.38. The van der Waals surface area contributed by atoms with Gasteiger partial charge in [-0.1, -0.05) is 32.9 Å². The Balaban J connectivity index is 2.01. The summed E-state index contributed by atoms with van der Waals surface area (Å²) in [5, 5.41) is 0.281. The summed E-state index contributed by atoms with van der Waals surface area (Å²) >= 11 is 0. The van der Waals surface area contributed by atoms with Crippen molar-refractivity contribution >= 4 is 8.32 Å². The van der Waals surface area contributed by atoms with Crippen LogP contribution in [0.5, 0.6) is 0 Å². The molecule has 2 nitrogen and oxygen atoms in total. The van der Waals surface area contributed by atoms with Crippen molar-refractivity contribution in [2.24, 2.45) is 0 Å². The fraction of sp³-hybridized carbons (Fsp3) is 0.846. The molecule has 2 aliphatic rings. The van der Waals surface area contributed by atoms with Gasteiger partial charge in [0.25, 0.3) is 0 Å². The predicted molar refractivity (Wildman–Crippen MR) is 69.1 cm³/mol. The van der Waals surface area contributed by atoms with Crippen LogP contribution in [-0.4, -0.2) is 26.1 Å². The molecule has 3 atom stereocenters. The van der Waals surface area contributed by atoms with Gasteiger partial charge in [0.1, 0.15) is 6.10 Å². The quantitative estimate of drug-likeness (QED) is 0.419. The van der Waals surface area contributed by atoms with Crippen LogP contribution in [-0.2, 0) is 9.16 Å². The van der Waals surface area contributed by atoms with Crippen molar-refractivity contribution in [2.45, 2.75) is 70.1 Å². The highest BCUT2D eigenvalue weighted by molar-refractivity contribution is 6.74. The Bertz CT molecular complexity index is 316. The molecule has 0 N–H and O–H groups in total. The molecule has 3 heteroatoms. The molecule has 92 valence electrons. The molecule has 0 aromatic carbocycles. The molecule has 0 radical (unpaired) electrons. The minimum atomic E-state index is -1.64. The van der Waals surface area contributed by atoms with Gasteiger partial charge in [0.15, 0.2) is 8.32 Å². The zero-order valence-corrected chi connectivity index (χ0v) is 12.3. The molecule has 0 spiro atoms. The van der Waals surface area contributed by atoms with Crippen LogP contribution in [0.1, 0.15) is 34.1 Å². The summed E-state index contributed by atoms with van der Waals surface area (Å²) in [5.74, 6) is 0. The van der Waals surface area contributed by atoms with Gasteiger partial charge in [-0.2, -0.15) is 0 Å². The summed E-state index contributed by atoms with van der Waals surface area (Å²) in [5.41, 5.74) is 0.0712. The highest BCUT2D eigenvalue weighted by atomic mass is 28.4. The zero-order valence-electron chi connectivity index (χ0n) is 11.3. The van der Waals surface area contributed by atoms with Crippen molar-refractivity contribution in [3.8, 4) is 0 Å². The van der Waals surface area contributed by atoms with E-state index in [2.05, 4.69) is 52.9 Å². The molecule has 0 aromatic rings. The molecule has 1 unspecified atom stereocenters.